The Balaban J connectivity index is 1.48. The van der Waals surface area contributed by atoms with Gasteiger partial charge in [-0.05, 0) is 13.8 Å². The van der Waals surface area contributed by atoms with Gasteiger partial charge in [-0.25, -0.2) is 0 Å². The number of carbonyl (C=O) groups excluding carboxylic acids is 2. The minimum Gasteiger partial charge on any atom is -0.394 e. The molecule has 0 aromatic heterocycles. The zero-order valence-corrected chi connectivity index (χ0v) is 32.4. The molecule has 13 N–H and O–H groups in total. The van der Waals surface area contributed by atoms with E-state index < -0.39 is 185 Å². The van der Waals surface area contributed by atoms with Crippen molar-refractivity contribution < 1.29 is 113 Å². The first-order valence-corrected chi connectivity index (χ1v) is 19.3. The highest BCUT2D eigenvalue weighted by atomic mass is 16.8. The van der Waals surface area contributed by atoms with Crippen molar-refractivity contribution in [2.75, 3.05) is 19.8 Å². The number of rotatable bonds is 9. The number of carbonyl (C=O) groups is 2. The predicted octanol–water partition coefficient (Wildman–Crippen LogP) is -8.54. The zero-order valence-electron chi connectivity index (χ0n) is 32.4. The van der Waals surface area contributed by atoms with Crippen LogP contribution in [0.15, 0.2) is 0 Å². The Morgan fingerprint density at radius 2 is 0.983 bits per heavy atom. The monoisotopic (exact) mass is 860 g/mol. The minimum absolute atomic E-state index is 0.678. The average Bonchev–Trinajstić information content (AvgIpc) is 3.19. The topological polar surface area (TPSA) is 373 Å². The molecule has 6 bridgehead atoms. The summed E-state index contributed by atoms with van der Waals surface area (Å²) in [4.78, 5) is 25.4. The van der Waals surface area contributed by atoms with E-state index in [4.69, 9.17) is 47.4 Å². The lowest BCUT2D eigenvalue weighted by Gasteiger charge is -2.50. The van der Waals surface area contributed by atoms with Crippen molar-refractivity contribution in [1.82, 2.24) is 10.6 Å². The second kappa shape index (κ2) is 19.2. The predicted molar refractivity (Wildman–Crippen MR) is 184 cm³/mol. The first-order valence-electron chi connectivity index (χ1n) is 19.3. The van der Waals surface area contributed by atoms with Crippen molar-refractivity contribution in [2.45, 2.75) is 181 Å². The summed E-state index contributed by atoms with van der Waals surface area (Å²) in [6.45, 7) is 2.64. The van der Waals surface area contributed by atoms with Gasteiger partial charge >= 0.3 is 0 Å². The van der Waals surface area contributed by atoms with Crippen molar-refractivity contribution >= 4 is 11.8 Å². The van der Waals surface area contributed by atoms with E-state index in [9.17, 15) is 65.8 Å². The molecule has 0 aromatic carbocycles. The van der Waals surface area contributed by atoms with Crippen LogP contribution in [-0.2, 0) is 57.0 Å². The van der Waals surface area contributed by atoms with E-state index in [-0.39, 0.29) is 0 Å². The molecule has 0 radical (unpaired) electrons. The lowest BCUT2D eigenvalue weighted by atomic mass is 9.94. The number of aliphatic hydroxyl groups is 11. The van der Waals surface area contributed by atoms with Gasteiger partial charge in [0.25, 0.3) is 0 Å². The number of amides is 2. The van der Waals surface area contributed by atoms with Gasteiger partial charge in [0, 0.05) is 13.8 Å². The van der Waals surface area contributed by atoms with E-state index in [0.717, 1.165) is 13.8 Å². The van der Waals surface area contributed by atoms with Gasteiger partial charge in [-0.2, -0.15) is 0 Å². The molecule has 0 aromatic rings. The average molecular weight is 861 g/mol. The molecule has 0 saturated carbocycles. The van der Waals surface area contributed by atoms with Crippen LogP contribution < -0.4 is 10.6 Å². The van der Waals surface area contributed by atoms with Crippen LogP contribution >= 0.6 is 0 Å². The molecule has 25 heteroatoms. The van der Waals surface area contributed by atoms with Gasteiger partial charge in [-0.1, -0.05) is 0 Å². The number of aliphatic hydroxyl groups excluding tert-OH is 11. The molecular weight excluding hydrogens is 804 g/mol. The molecule has 7 saturated heterocycles. The molecule has 2 amide bonds. The fourth-order valence-corrected chi connectivity index (χ4v) is 8.01. The van der Waals surface area contributed by atoms with Crippen LogP contribution in [0.3, 0.4) is 0 Å². The van der Waals surface area contributed by atoms with Crippen LogP contribution in [-0.4, -0.2) is 241 Å². The highest BCUT2D eigenvalue weighted by Crippen LogP contribution is 2.38. The molecule has 7 aliphatic heterocycles. The van der Waals surface area contributed by atoms with Gasteiger partial charge in [0.2, 0.25) is 11.8 Å². The Morgan fingerprint density at radius 1 is 0.492 bits per heavy atom. The second-order valence-electron chi connectivity index (χ2n) is 15.5. The van der Waals surface area contributed by atoms with Gasteiger partial charge in [0.1, 0.15) is 110 Å². The maximum Gasteiger partial charge on any atom is 0.217 e. The van der Waals surface area contributed by atoms with Gasteiger partial charge in [0.05, 0.1) is 32.0 Å². The summed E-state index contributed by atoms with van der Waals surface area (Å²) >= 11 is 0. The van der Waals surface area contributed by atoms with Crippen LogP contribution in [0.25, 0.3) is 0 Å². The zero-order chi connectivity index (χ0) is 43.2. The van der Waals surface area contributed by atoms with Gasteiger partial charge in [0.15, 0.2) is 31.5 Å². The summed E-state index contributed by atoms with van der Waals surface area (Å²) in [6, 6.07) is -2.98. The first-order chi connectivity index (χ1) is 27.9. The first kappa shape index (κ1) is 46.6. The lowest BCUT2D eigenvalue weighted by molar-refractivity contribution is -0.388. The quantitative estimate of drug-likeness (QED) is 0.102. The van der Waals surface area contributed by atoms with Gasteiger partial charge in [-0.15, -0.1) is 0 Å². The molecule has 0 unspecified atom stereocenters. The minimum atomic E-state index is -2.03. The Bertz CT molecular complexity index is 1420. The fraction of sp³-hybridized carbons (Fsp3) is 0.941. The van der Waals surface area contributed by atoms with E-state index in [1.165, 1.54) is 13.8 Å². The molecular formula is C34H56N2O23. The van der Waals surface area contributed by atoms with Crippen LogP contribution in [0.5, 0.6) is 0 Å². The molecule has 340 valence electrons. The van der Waals surface area contributed by atoms with Crippen LogP contribution in [0.4, 0.5) is 0 Å². The van der Waals surface area contributed by atoms with E-state index in [1.807, 2.05) is 0 Å². The summed E-state index contributed by atoms with van der Waals surface area (Å²) in [7, 11) is 0. The lowest BCUT2D eigenvalue weighted by Crippen LogP contribution is -2.70. The van der Waals surface area contributed by atoms with Crippen molar-refractivity contribution in [3.05, 3.63) is 0 Å². The number of ether oxygens (including phenoxy) is 10. The summed E-state index contributed by atoms with van der Waals surface area (Å²) in [5, 5.41) is 124. The maximum atomic E-state index is 12.7. The molecule has 0 aliphatic carbocycles. The molecule has 25 nitrogen and oxygen atoms in total. The molecule has 7 fully saturated rings. The van der Waals surface area contributed by atoms with E-state index in [1.54, 1.807) is 0 Å². The Morgan fingerprint density at radius 3 is 1.59 bits per heavy atom. The molecule has 7 heterocycles. The third-order valence-electron chi connectivity index (χ3n) is 11.3. The van der Waals surface area contributed by atoms with Crippen molar-refractivity contribution in [3.8, 4) is 0 Å². The molecule has 7 rings (SSSR count). The van der Waals surface area contributed by atoms with E-state index in [0.29, 0.717) is 0 Å². The number of hydrogen-bond donors (Lipinski definition) is 13. The molecule has 25 atom stereocenters. The maximum absolute atomic E-state index is 12.7. The summed E-state index contributed by atoms with van der Waals surface area (Å²) < 4.78 is 60.2. The summed E-state index contributed by atoms with van der Waals surface area (Å²) in [5.41, 5.74) is 0. The number of nitrogens with one attached hydrogen (secondary N) is 2. The molecule has 7 aliphatic rings. The van der Waals surface area contributed by atoms with E-state index in [2.05, 4.69) is 10.6 Å². The number of fused-ring (bicyclic) bond motifs is 2. The SMILES string of the molecule is CC(=O)N[C@@H]1[C@@H]2O[C@H]3[C@H](O)[C@@H](CO)O[C@@H](O[C@H]4[C@H](O[C@@H]5O[C@@H](C)[C@H](O)[C@@H](O)[C@H]5O)[C@@H](O)[C@@H](O[C@@H]1[C@H](O)[C@H](C)O2)O[C@@H]4CO[C@@H]1O[C@H](CO)[C@@H](O)[C@H](O)[C@H]1O)[C@@H]3NC(C)=O. The Hall–Kier alpha value is -1.90. The molecule has 0 spiro atoms. The third-order valence-corrected chi connectivity index (χ3v) is 11.3. The van der Waals surface area contributed by atoms with Gasteiger partial charge in [-0.3, -0.25) is 9.59 Å². The molecule has 59 heavy (non-hydrogen) atoms. The van der Waals surface area contributed by atoms with Crippen LogP contribution in [0.1, 0.15) is 27.7 Å². The second-order valence-corrected chi connectivity index (χ2v) is 15.5. The Kier molecular flexibility index (Phi) is 15.2. The third kappa shape index (κ3) is 9.55. The fourth-order valence-electron chi connectivity index (χ4n) is 8.01. The largest absolute Gasteiger partial charge is 0.394 e. The highest BCUT2D eigenvalue weighted by Gasteiger charge is 2.59. The number of hydrogen-bond acceptors (Lipinski definition) is 23. The van der Waals surface area contributed by atoms with Crippen molar-refractivity contribution in [3.63, 3.8) is 0 Å². The van der Waals surface area contributed by atoms with Crippen molar-refractivity contribution in [2.24, 2.45) is 0 Å². The standard InChI is InChI=1S/C34H56N2O23/c1-8-17(41)21(45)24(48)33(52-8)59-29-25(49)34-55-14(7-50-32-23(47)22(46)19(43)12(5-37)54-32)26(29)56-31-16(36-11(4)40)28(20(44)13(6-38)53-31)57-30-15(35-10(3)39)27(58-34)18(42)9(2)51-30/h8-9,12-34,37-38,41-49H,5-7H2,1-4H3,(H,35,39)(H,36,40)/t8-,9-,12+,13+,14+,15-,16+,17-,18+,19+,20+,21+,22-,23+,24+,25+,26+,27-,28+,29+,30-,31-,32+,33-,34+/m0/s1. The Labute approximate surface area is 336 Å². The highest BCUT2D eigenvalue weighted by molar-refractivity contribution is 5.73. The van der Waals surface area contributed by atoms with Crippen molar-refractivity contribution in [1.29, 1.82) is 0 Å². The van der Waals surface area contributed by atoms with Crippen LogP contribution in [0.2, 0.25) is 0 Å². The summed E-state index contributed by atoms with van der Waals surface area (Å²) in [5.74, 6) is -1.38. The smallest absolute Gasteiger partial charge is 0.217 e. The normalized spacial score (nSPS) is 51.7. The van der Waals surface area contributed by atoms with Crippen LogP contribution in [0, 0.1) is 0 Å². The summed E-state index contributed by atoms with van der Waals surface area (Å²) in [6.07, 6.45) is -38.6. The van der Waals surface area contributed by atoms with Gasteiger partial charge < -0.3 is 114 Å². The van der Waals surface area contributed by atoms with E-state index >= 15 is 0 Å².